The highest BCUT2D eigenvalue weighted by Crippen LogP contribution is 2.31. The molecule has 3 heterocycles. The van der Waals surface area contributed by atoms with E-state index in [1.807, 2.05) is 45.0 Å². The van der Waals surface area contributed by atoms with Crippen LogP contribution in [0.15, 0.2) is 36.5 Å². The molecule has 0 saturated carbocycles. The van der Waals surface area contributed by atoms with E-state index < -0.39 is 11.1 Å². The third kappa shape index (κ3) is 4.75. The molecule has 1 aliphatic heterocycles. The number of ether oxygens (including phenoxy) is 2. The zero-order chi connectivity index (χ0) is 23.8. The van der Waals surface area contributed by atoms with Crippen molar-refractivity contribution in [3.8, 4) is 5.75 Å². The number of anilines is 1. The molecule has 1 amide bonds. The molecule has 2 N–H and O–H groups in total. The van der Waals surface area contributed by atoms with Gasteiger partial charge in [-0.3, -0.25) is 4.79 Å². The lowest BCUT2D eigenvalue weighted by Crippen LogP contribution is -2.64. The molecule has 1 atom stereocenters. The lowest BCUT2D eigenvalue weighted by molar-refractivity contribution is -0.144. The Morgan fingerprint density at radius 2 is 2.12 bits per heavy atom. The Labute approximate surface area is 197 Å². The number of aromatic nitrogens is 3. The van der Waals surface area contributed by atoms with Crippen molar-refractivity contribution in [2.24, 2.45) is 0 Å². The fraction of sp³-hybridized carbons (Fsp3) is 0.435. The Morgan fingerprint density at radius 1 is 1.33 bits per heavy atom. The summed E-state index contributed by atoms with van der Waals surface area (Å²) < 4.78 is 12.9. The summed E-state index contributed by atoms with van der Waals surface area (Å²) in [6.45, 7) is 6.50. The van der Waals surface area contributed by atoms with Crippen LogP contribution in [0.5, 0.6) is 5.75 Å². The molecule has 9 nitrogen and oxygen atoms in total. The van der Waals surface area contributed by atoms with Crippen LogP contribution in [0.25, 0.3) is 5.65 Å². The SMILES string of the molecule is COc1cc(C(=O)N2CC(C)(C)OCC2(C)CO)cn2nc(NCc3cccc(Cl)c3)nc12. The number of hydrogen-bond acceptors (Lipinski definition) is 7. The number of nitrogens with zero attached hydrogens (tertiary/aromatic N) is 4. The van der Waals surface area contributed by atoms with Crippen molar-refractivity contribution in [1.82, 2.24) is 19.5 Å². The summed E-state index contributed by atoms with van der Waals surface area (Å²) in [5, 5.41) is 18.3. The van der Waals surface area contributed by atoms with E-state index in [-0.39, 0.29) is 19.1 Å². The van der Waals surface area contributed by atoms with Crippen molar-refractivity contribution >= 4 is 29.1 Å². The van der Waals surface area contributed by atoms with Crippen LogP contribution in [-0.2, 0) is 11.3 Å². The first kappa shape index (κ1) is 23.3. The van der Waals surface area contributed by atoms with E-state index in [4.69, 9.17) is 21.1 Å². The van der Waals surface area contributed by atoms with Gasteiger partial charge < -0.3 is 24.8 Å². The van der Waals surface area contributed by atoms with Gasteiger partial charge in [-0.1, -0.05) is 23.7 Å². The van der Waals surface area contributed by atoms with Crippen LogP contribution in [0.2, 0.25) is 5.02 Å². The third-order valence-corrected chi connectivity index (χ3v) is 5.99. The minimum absolute atomic E-state index is 0.213. The number of benzene rings is 1. The largest absolute Gasteiger partial charge is 0.493 e. The zero-order valence-corrected chi connectivity index (χ0v) is 19.9. The van der Waals surface area contributed by atoms with Gasteiger partial charge in [0, 0.05) is 17.8 Å². The smallest absolute Gasteiger partial charge is 0.256 e. The molecule has 1 fully saturated rings. The van der Waals surface area contributed by atoms with Crippen LogP contribution in [-0.4, -0.2) is 68.5 Å². The number of pyridine rings is 1. The van der Waals surface area contributed by atoms with Gasteiger partial charge in [-0.25, -0.2) is 4.52 Å². The normalized spacial score (nSPS) is 20.1. The minimum atomic E-state index is -0.833. The lowest BCUT2D eigenvalue weighted by atomic mass is 9.94. The average Bonchev–Trinajstić information content (AvgIpc) is 3.21. The molecule has 33 heavy (non-hydrogen) atoms. The number of rotatable bonds is 6. The second-order valence-electron chi connectivity index (χ2n) is 9.08. The quantitative estimate of drug-likeness (QED) is 0.567. The molecule has 0 spiro atoms. The minimum Gasteiger partial charge on any atom is -0.493 e. The van der Waals surface area contributed by atoms with Gasteiger partial charge in [0.2, 0.25) is 5.95 Å². The number of aliphatic hydroxyl groups is 1. The van der Waals surface area contributed by atoms with E-state index in [1.54, 1.807) is 17.2 Å². The number of morpholine rings is 1. The van der Waals surface area contributed by atoms with Gasteiger partial charge in [0.25, 0.3) is 5.91 Å². The Bertz CT molecular complexity index is 1180. The van der Waals surface area contributed by atoms with Crippen LogP contribution in [0.1, 0.15) is 36.7 Å². The Kier molecular flexibility index (Phi) is 6.22. The molecule has 0 radical (unpaired) electrons. The molecule has 4 rings (SSSR count). The highest BCUT2D eigenvalue weighted by molar-refractivity contribution is 6.30. The van der Waals surface area contributed by atoms with E-state index in [0.29, 0.717) is 41.0 Å². The molecular weight excluding hydrogens is 446 g/mol. The van der Waals surface area contributed by atoms with Crippen molar-refractivity contribution in [1.29, 1.82) is 0 Å². The van der Waals surface area contributed by atoms with Gasteiger partial charge in [0.15, 0.2) is 11.4 Å². The summed E-state index contributed by atoms with van der Waals surface area (Å²) in [6, 6.07) is 9.16. The van der Waals surface area contributed by atoms with Gasteiger partial charge >= 0.3 is 0 Å². The van der Waals surface area contributed by atoms with Crippen LogP contribution < -0.4 is 10.1 Å². The predicted octanol–water partition coefficient (Wildman–Crippen LogP) is 3.01. The van der Waals surface area contributed by atoms with E-state index in [2.05, 4.69) is 15.4 Å². The molecule has 1 aromatic carbocycles. The second-order valence-corrected chi connectivity index (χ2v) is 9.52. The monoisotopic (exact) mass is 473 g/mol. The highest BCUT2D eigenvalue weighted by atomic mass is 35.5. The van der Waals surface area contributed by atoms with E-state index in [9.17, 15) is 9.90 Å². The Balaban J connectivity index is 1.63. The number of methoxy groups -OCH3 is 1. The lowest BCUT2D eigenvalue weighted by Gasteiger charge is -2.49. The van der Waals surface area contributed by atoms with Crippen molar-refractivity contribution < 1.29 is 19.4 Å². The molecule has 0 aliphatic carbocycles. The maximum absolute atomic E-state index is 13.5. The molecule has 1 unspecified atom stereocenters. The first-order chi connectivity index (χ1) is 15.6. The number of nitrogens with one attached hydrogen (secondary N) is 1. The Morgan fingerprint density at radius 3 is 2.82 bits per heavy atom. The van der Waals surface area contributed by atoms with Crippen molar-refractivity contribution in [3.05, 3.63) is 52.7 Å². The third-order valence-electron chi connectivity index (χ3n) is 5.76. The van der Waals surface area contributed by atoms with Gasteiger partial charge in [-0.05, 0) is 44.5 Å². The predicted molar refractivity (Wildman–Crippen MR) is 125 cm³/mol. The van der Waals surface area contributed by atoms with Crippen molar-refractivity contribution in [2.75, 3.05) is 32.2 Å². The summed E-state index contributed by atoms with van der Waals surface area (Å²) >= 11 is 6.05. The van der Waals surface area contributed by atoms with Gasteiger partial charge in [-0.2, -0.15) is 4.98 Å². The van der Waals surface area contributed by atoms with E-state index in [0.717, 1.165) is 5.56 Å². The highest BCUT2D eigenvalue weighted by Gasteiger charge is 2.44. The number of aliphatic hydroxyl groups excluding tert-OH is 1. The molecule has 0 bridgehead atoms. The van der Waals surface area contributed by atoms with Crippen molar-refractivity contribution in [2.45, 2.75) is 38.5 Å². The van der Waals surface area contributed by atoms with Gasteiger partial charge in [0.05, 0.1) is 43.6 Å². The number of carbonyl (C=O) groups is 1. The molecule has 1 saturated heterocycles. The second kappa shape index (κ2) is 8.81. The fourth-order valence-corrected chi connectivity index (χ4v) is 3.99. The zero-order valence-electron chi connectivity index (χ0n) is 19.1. The number of halogens is 1. The molecule has 1 aliphatic rings. The maximum Gasteiger partial charge on any atom is 0.256 e. The van der Waals surface area contributed by atoms with Gasteiger partial charge in [-0.15, -0.1) is 5.10 Å². The van der Waals surface area contributed by atoms with E-state index >= 15 is 0 Å². The topological polar surface area (TPSA) is 101 Å². The fourth-order valence-electron chi connectivity index (χ4n) is 3.78. The van der Waals surface area contributed by atoms with Crippen LogP contribution in [0.3, 0.4) is 0 Å². The van der Waals surface area contributed by atoms with Crippen LogP contribution >= 0.6 is 11.6 Å². The first-order valence-electron chi connectivity index (χ1n) is 10.6. The standard InChI is InChI=1S/C23H28ClN5O4/c1-22(2)12-28(23(3,13-30)14-33-22)20(31)16-9-18(32-4)19-26-21(27-29(19)11-16)25-10-15-6-5-7-17(24)8-15/h5-9,11,30H,10,12-14H2,1-4H3,(H,25,27). The molecule has 10 heteroatoms. The summed E-state index contributed by atoms with van der Waals surface area (Å²) in [7, 11) is 1.52. The average molecular weight is 474 g/mol. The summed E-state index contributed by atoms with van der Waals surface area (Å²) in [5.74, 6) is 0.569. The van der Waals surface area contributed by atoms with Crippen LogP contribution in [0.4, 0.5) is 5.95 Å². The van der Waals surface area contributed by atoms with E-state index in [1.165, 1.54) is 11.6 Å². The summed E-state index contributed by atoms with van der Waals surface area (Å²) in [6.07, 6.45) is 1.62. The number of fused-ring (bicyclic) bond motifs is 1. The number of carbonyl (C=O) groups excluding carboxylic acids is 1. The first-order valence-corrected chi connectivity index (χ1v) is 11.0. The molecular formula is C23H28ClN5O4. The molecule has 3 aromatic rings. The van der Waals surface area contributed by atoms with Crippen LogP contribution in [0, 0.1) is 0 Å². The van der Waals surface area contributed by atoms with Crippen molar-refractivity contribution in [3.63, 3.8) is 0 Å². The summed E-state index contributed by atoms with van der Waals surface area (Å²) in [5.41, 5.74) is 0.490. The van der Waals surface area contributed by atoms with Gasteiger partial charge in [0.1, 0.15) is 0 Å². The summed E-state index contributed by atoms with van der Waals surface area (Å²) in [4.78, 5) is 19.7. The molecule has 2 aromatic heterocycles. The maximum atomic E-state index is 13.5. The molecule has 176 valence electrons. The number of amides is 1. The number of hydrogen-bond donors (Lipinski definition) is 2. The Hall–Kier alpha value is -2.88.